The van der Waals surface area contributed by atoms with E-state index < -0.39 is 0 Å². The molecule has 0 atom stereocenters. The monoisotopic (exact) mass is 307 g/mol. The third-order valence-corrected chi connectivity index (χ3v) is 2.75. The van der Waals surface area contributed by atoms with Crippen LogP contribution in [-0.2, 0) is 6.54 Å². The molecule has 1 aromatic heterocycles. The van der Waals surface area contributed by atoms with Crippen molar-refractivity contribution in [2.45, 2.75) is 19.9 Å². The molecule has 1 aromatic rings. The van der Waals surface area contributed by atoms with Gasteiger partial charge < -0.3 is 5.32 Å². The van der Waals surface area contributed by atoms with Gasteiger partial charge in [-0.25, -0.2) is 4.98 Å². The minimum absolute atomic E-state index is 0.0641. The molecular weight excluding hydrogens is 293 g/mol. The molecule has 5 heteroatoms. The maximum atomic E-state index is 11.7. The van der Waals surface area contributed by atoms with E-state index in [1.165, 1.54) is 0 Å². The van der Waals surface area contributed by atoms with Gasteiger partial charge in [-0.3, -0.25) is 9.36 Å². The number of halogens is 1. The normalized spacial score (nSPS) is 10.5. The summed E-state index contributed by atoms with van der Waals surface area (Å²) in [5, 5.41) is 3.05. The van der Waals surface area contributed by atoms with E-state index in [1.807, 2.05) is 36.6 Å². The number of nitrogens with one attached hydrogen (secondary N) is 1. The summed E-state index contributed by atoms with van der Waals surface area (Å²) in [6, 6.07) is 0. The number of nitrogens with zero attached hydrogens (tertiary/aromatic N) is 2. The van der Waals surface area contributed by atoms with Crippen LogP contribution in [0.15, 0.2) is 11.0 Å². The van der Waals surface area contributed by atoms with E-state index >= 15 is 0 Å². The summed E-state index contributed by atoms with van der Waals surface area (Å²) in [5.41, 5.74) is 0.0641. The van der Waals surface area contributed by atoms with Crippen LogP contribution in [0.1, 0.15) is 12.2 Å². The second-order valence-corrected chi connectivity index (χ2v) is 4.23. The van der Waals surface area contributed by atoms with Crippen molar-refractivity contribution in [1.82, 2.24) is 14.9 Å². The summed E-state index contributed by atoms with van der Waals surface area (Å²) in [4.78, 5) is 15.8. The number of aromatic nitrogens is 2. The van der Waals surface area contributed by atoms with Crippen molar-refractivity contribution in [3.05, 3.63) is 25.9 Å². The summed E-state index contributed by atoms with van der Waals surface area (Å²) in [7, 11) is 1.91. The summed E-state index contributed by atoms with van der Waals surface area (Å²) >= 11 is 2.02. The lowest BCUT2D eigenvalue weighted by atomic mass is 10.4. The van der Waals surface area contributed by atoms with Crippen LogP contribution < -0.4 is 10.9 Å². The Hall–Kier alpha value is -0.430. The van der Waals surface area contributed by atoms with Gasteiger partial charge in [-0.2, -0.15) is 0 Å². The van der Waals surface area contributed by atoms with Crippen molar-refractivity contribution in [3.8, 4) is 0 Å². The number of aryl methyl sites for hydroxylation is 1. The smallest absolute Gasteiger partial charge is 0.266 e. The molecule has 78 valence electrons. The van der Waals surface area contributed by atoms with Crippen LogP contribution >= 0.6 is 22.6 Å². The van der Waals surface area contributed by atoms with E-state index in [4.69, 9.17) is 0 Å². The van der Waals surface area contributed by atoms with Gasteiger partial charge in [0.05, 0.1) is 3.57 Å². The fourth-order valence-electron chi connectivity index (χ4n) is 1.23. The summed E-state index contributed by atoms with van der Waals surface area (Å²) in [6.45, 7) is 3.50. The van der Waals surface area contributed by atoms with Gasteiger partial charge in [-0.05, 0) is 49.5 Å². The first kappa shape index (κ1) is 11.6. The van der Waals surface area contributed by atoms with Crippen molar-refractivity contribution in [2.24, 2.45) is 0 Å². The number of hydrogen-bond acceptors (Lipinski definition) is 3. The minimum atomic E-state index is 0.0641. The van der Waals surface area contributed by atoms with Gasteiger partial charge in [0.1, 0.15) is 5.82 Å². The molecule has 0 fully saturated rings. The first-order valence-electron chi connectivity index (χ1n) is 4.53. The molecular formula is C9H14IN3O. The summed E-state index contributed by atoms with van der Waals surface area (Å²) in [6.07, 6.45) is 2.56. The number of rotatable bonds is 4. The Bertz CT molecular complexity index is 362. The highest BCUT2D eigenvalue weighted by Gasteiger charge is 2.03. The molecule has 0 aliphatic rings. The first-order chi connectivity index (χ1) is 6.66. The average Bonchev–Trinajstić information content (AvgIpc) is 2.18. The van der Waals surface area contributed by atoms with Crippen LogP contribution in [0.25, 0.3) is 0 Å². The molecule has 4 nitrogen and oxygen atoms in total. The molecule has 0 aliphatic heterocycles. The fourth-order valence-corrected chi connectivity index (χ4v) is 1.66. The van der Waals surface area contributed by atoms with Gasteiger partial charge >= 0.3 is 0 Å². The molecule has 0 amide bonds. The second kappa shape index (κ2) is 5.45. The molecule has 0 aromatic carbocycles. The van der Waals surface area contributed by atoms with Crippen LogP contribution in [0.3, 0.4) is 0 Å². The van der Waals surface area contributed by atoms with Crippen LogP contribution in [0.2, 0.25) is 0 Å². The highest BCUT2D eigenvalue weighted by Crippen LogP contribution is 1.98. The van der Waals surface area contributed by atoms with E-state index in [0.29, 0.717) is 3.57 Å². The van der Waals surface area contributed by atoms with Gasteiger partial charge in [0.25, 0.3) is 5.56 Å². The molecule has 14 heavy (non-hydrogen) atoms. The van der Waals surface area contributed by atoms with E-state index in [9.17, 15) is 4.79 Å². The largest absolute Gasteiger partial charge is 0.320 e. The van der Waals surface area contributed by atoms with Gasteiger partial charge in [-0.15, -0.1) is 0 Å². The van der Waals surface area contributed by atoms with E-state index in [1.54, 1.807) is 10.8 Å². The topological polar surface area (TPSA) is 46.9 Å². The molecule has 1 heterocycles. The van der Waals surface area contributed by atoms with Gasteiger partial charge in [0, 0.05) is 12.7 Å². The maximum Gasteiger partial charge on any atom is 0.266 e. The van der Waals surface area contributed by atoms with Gasteiger partial charge in [0.15, 0.2) is 0 Å². The zero-order valence-corrected chi connectivity index (χ0v) is 10.5. The Balaban J connectivity index is 2.84. The highest BCUT2D eigenvalue weighted by atomic mass is 127. The standard InChI is InChI=1S/C9H14IN3O/c1-7-12-6-8(10)9(14)13(7)5-3-4-11-2/h6,11H,3-5H2,1-2H3. The van der Waals surface area contributed by atoms with Crippen molar-refractivity contribution < 1.29 is 0 Å². The summed E-state index contributed by atoms with van der Waals surface area (Å²) in [5.74, 6) is 0.784. The highest BCUT2D eigenvalue weighted by molar-refractivity contribution is 14.1. The Morgan fingerprint density at radius 1 is 1.64 bits per heavy atom. The van der Waals surface area contributed by atoms with E-state index in [2.05, 4.69) is 10.3 Å². The van der Waals surface area contributed by atoms with Crippen LogP contribution in [-0.4, -0.2) is 23.1 Å². The van der Waals surface area contributed by atoms with Crippen molar-refractivity contribution in [2.75, 3.05) is 13.6 Å². The average molecular weight is 307 g/mol. The molecule has 1 rings (SSSR count). The zero-order valence-electron chi connectivity index (χ0n) is 8.38. The van der Waals surface area contributed by atoms with Crippen molar-refractivity contribution >= 4 is 22.6 Å². The molecule has 1 N–H and O–H groups in total. The van der Waals surface area contributed by atoms with Crippen molar-refractivity contribution in [1.29, 1.82) is 0 Å². The van der Waals surface area contributed by atoms with Crippen LogP contribution in [0.5, 0.6) is 0 Å². The van der Waals surface area contributed by atoms with E-state index in [0.717, 1.165) is 25.3 Å². The lowest BCUT2D eigenvalue weighted by Gasteiger charge is -2.08. The second-order valence-electron chi connectivity index (χ2n) is 3.07. The van der Waals surface area contributed by atoms with Crippen LogP contribution in [0.4, 0.5) is 0 Å². The summed E-state index contributed by atoms with van der Waals surface area (Å²) < 4.78 is 2.40. The Morgan fingerprint density at radius 3 is 3.00 bits per heavy atom. The molecule has 0 aliphatic carbocycles. The molecule has 0 saturated carbocycles. The van der Waals surface area contributed by atoms with Crippen LogP contribution in [0, 0.1) is 10.5 Å². The predicted octanol–water partition coefficient (Wildman–Crippen LogP) is 0.766. The maximum absolute atomic E-state index is 11.7. The Kier molecular flexibility index (Phi) is 4.53. The first-order valence-corrected chi connectivity index (χ1v) is 5.61. The SMILES string of the molecule is CNCCCn1c(C)ncc(I)c1=O. The molecule has 0 saturated heterocycles. The van der Waals surface area contributed by atoms with Crippen molar-refractivity contribution in [3.63, 3.8) is 0 Å². The fraction of sp³-hybridized carbons (Fsp3) is 0.556. The number of hydrogen-bond donors (Lipinski definition) is 1. The molecule has 0 unspecified atom stereocenters. The third kappa shape index (κ3) is 2.78. The lowest BCUT2D eigenvalue weighted by Crippen LogP contribution is -2.26. The quantitative estimate of drug-likeness (QED) is 0.660. The zero-order chi connectivity index (χ0) is 10.6. The minimum Gasteiger partial charge on any atom is -0.320 e. The Labute approximate surface area is 96.9 Å². The third-order valence-electron chi connectivity index (χ3n) is 2.01. The van der Waals surface area contributed by atoms with Gasteiger partial charge in [0.2, 0.25) is 0 Å². The predicted molar refractivity (Wildman–Crippen MR) is 64.5 cm³/mol. The molecule has 0 bridgehead atoms. The van der Waals surface area contributed by atoms with Gasteiger partial charge in [-0.1, -0.05) is 0 Å². The van der Waals surface area contributed by atoms with E-state index in [-0.39, 0.29) is 5.56 Å². The molecule has 0 radical (unpaired) electrons. The lowest BCUT2D eigenvalue weighted by molar-refractivity contribution is 0.572. The Morgan fingerprint density at radius 2 is 2.36 bits per heavy atom. The molecule has 0 spiro atoms.